The highest BCUT2D eigenvalue weighted by atomic mass is 28.4. The van der Waals surface area contributed by atoms with Gasteiger partial charge < -0.3 is 4.53 Å². The molecule has 13 heavy (non-hydrogen) atoms. The van der Waals surface area contributed by atoms with E-state index in [0.29, 0.717) is 0 Å². The second-order valence-corrected chi connectivity index (χ2v) is 8.61. The van der Waals surface area contributed by atoms with Gasteiger partial charge in [0.2, 0.25) is 8.32 Å². The van der Waals surface area contributed by atoms with Crippen LogP contribution in [0.1, 0.15) is 5.56 Å². The van der Waals surface area contributed by atoms with Gasteiger partial charge in [-0.2, -0.15) is 0 Å². The van der Waals surface area contributed by atoms with Gasteiger partial charge in [0.1, 0.15) is 0 Å². The van der Waals surface area contributed by atoms with Crippen LogP contribution in [0.5, 0.6) is 0 Å². The van der Waals surface area contributed by atoms with Crippen molar-refractivity contribution < 1.29 is 4.53 Å². The fourth-order valence-electron chi connectivity index (χ4n) is 0.834. The third kappa shape index (κ3) is 4.10. The molecule has 0 aliphatic carbocycles. The molecule has 1 rings (SSSR count). The number of nitrogens with one attached hydrogen (secondary N) is 1. The highest BCUT2D eigenvalue weighted by Gasteiger charge is 2.14. The Morgan fingerprint density at radius 1 is 1.08 bits per heavy atom. The first kappa shape index (κ1) is 10.3. The zero-order chi connectivity index (χ0) is 9.90. The second kappa shape index (κ2) is 3.94. The van der Waals surface area contributed by atoms with Gasteiger partial charge in [-0.25, -0.2) is 0 Å². The lowest BCUT2D eigenvalue weighted by molar-refractivity contribution is 0.401. The summed E-state index contributed by atoms with van der Waals surface area (Å²) in [7, 11) is -1.46. The van der Waals surface area contributed by atoms with Crippen LogP contribution < -0.4 is 5.48 Å². The molecule has 0 aliphatic heterocycles. The van der Waals surface area contributed by atoms with Gasteiger partial charge in [-0.1, -0.05) is 17.7 Å². The predicted octanol–water partition coefficient (Wildman–Crippen LogP) is 3.17. The highest BCUT2D eigenvalue weighted by Crippen LogP contribution is 2.11. The molecule has 0 aromatic heterocycles. The molecular formula is C10H17NOSi. The van der Waals surface area contributed by atoms with Crippen LogP contribution in [-0.2, 0) is 4.53 Å². The van der Waals surface area contributed by atoms with Crippen molar-refractivity contribution in [2.75, 3.05) is 5.48 Å². The molecule has 2 nitrogen and oxygen atoms in total. The molecule has 1 aromatic rings. The Balaban J connectivity index is 2.51. The third-order valence-corrected chi connectivity index (χ3v) is 2.24. The Hall–Kier alpha value is -0.803. The lowest BCUT2D eigenvalue weighted by Gasteiger charge is -2.17. The second-order valence-electron chi connectivity index (χ2n) is 4.18. The summed E-state index contributed by atoms with van der Waals surface area (Å²) in [6, 6.07) is 8.18. The molecule has 0 saturated carbocycles. The van der Waals surface area contributed by atoms with E-state index < -0.39 is 8.32 Å². The molecule has 0 atom stereocenters. The first-order valence-corrected chi connectivity index (χ1v) is 7.89. The average molecular weight is 195 g/mol. The minimum Gasteiger partial charge on any atom is -0.323 e. The predicted molar refractivity (Wildman–Crippen MR) is 59.2 cm³/mol. The largest absolute Gasteiger partial charge is 0.323 e. The maximum atomic E-state index is 5.54. The summed E-state index contributed by atoms with van der Waals surface area (Å²) in [5.74, 6) is 0. The SMILES string of the molecule is Cc1ccc(NO[Si](C)(C)C)cc1. The van der Waals surface area contributed by atoms with Gasteiger partial charge in [-0.3, -0.25) is 5.48 Å². The van der Waals surface area contributed by atoms with Gasteiger partial charge in [0.25, 0.3) is 0 Å². The number of benzene rings is 1. The standard InChI is InChI=1S/C10H17NOSi/c1-9-5-7-10(8-6-9)11-12-13(2,3)4/h5-8,11H,1-4H3. The maximum absolute atomic E-state index is 5.54. The molecule has 0 spiro atoms. The van der Waals surface area contributed by atoms with Gasteiger partial charge >= 0.3 is 0 Å². The van der Waals surface area contributed by atoms with Gasteiger partial charge in [0, 0.05) is 0 Å². The summed E-state index contributed by atoms with van der Waals surface area (Å²) >= 11 is 0. The molecule has 3 heteroatoms. The molecule has 0 radical (unpaired) electrons. The Morgan fingerprint density at radius 2 is 1.62 bits per heavy atom. The van der Waals surface area contributed by atoms with E-state index in [1.807, 2.05) is 12.1 Å². The van der Waals surface area contributed by atoms with E-state index in [0.717, 1.165) is 5.69 Å². The number of rotatable bonds is 3. The van der Waals surface area contributed by atoms with E-state index in [1.54, 1.807) is 0 Å². The van der Waals surface area contributed by atoms with Crippen LogP contribution in [0.3, 0.4) is 0 Å². The van der Waals surface area contributed by atoms with Crippen molar-refractivity contribution in [1.82, 2.24) is 0 Å². The molecule has 0 saturated heterocycles. The van der Waals surface area contributed by atoms with Crippen LogP contribution in [0.4, 0.5) is 5.69 Å². The minimum atomic E-state index is -1.46. The summed E-state index contributed by atoms with van der Waals surface area (Å²) < 4.78 is 5.54. The summed E-state index contributed by atoms with van der Waals surface area (Å²) in [4.78, 5) is 0. The molecule has 0 heterocycles. The van der Waals surface area contributed by atoms with Crippen LogP contribution in [0.2, 0.25) is 19.6 Å². The van der Waals surface area contributed by atoms with Crippen LogP contribution in [-0.4, -0.2) is 8.32 Å². The fourth-order valence-corrected chi connectivity index (χ4v) is 1.26. The van der Waals surface area contributed by atoms with Gasteiger partial charge in [-0.05, 0) is 38.7 Å². The Morgan fingerprint density at radius 3 is 2.08 bits per heavy atom. The molecule has 0 bridgehead atoms. The Bertz CT molecular complexity index is 263. The summed E-state index contributed by atoms with van der Waals surface area (Å²) in [6.07, 6.45) is 0. The molecule has 0 unspecified atom stereocenters. The third-order valence-electron chi connectivity index (χ3n) is 1.53. The van der Waals surface area contributed by atoms with Crippen molar-refractivity contribution in [3.8, 4) is 0 Å². The normalized spacial score (nSPS) is 11.4. The zero-order valence-corrected chi connectivity index (χ0v) is 9.72. The van der Waals surface area contributed by atoms with Gasteiger partial charge in [-0.15, -0.1) is 0 Å². The minimum absolute atomic E-state index is 1.02. The van der Waals surface area contributed by atoms with Crippen molar-refractivity contribution >= 4 is 14.0 Å². The van der Waals surface area contributed by atoms with E-state index in [2.05, 4.69) is 44.2 Å². The Labute approximate surface area is 81.0 Å². The fraction of sp³-hybridized carbons (Fsp3) is 0.400. The number of hydrogen-bond donors (Lipinski definition) is 1. The molecule has 0 aliphatic rings. The average Bonchev–Trinajstić information content (AvgIpc) is 2.02. The molecule has 0 amide bonds. The summed E-state index contributed by atoms with van der Waals surface area (Å²) in [5, 5.41) is 0. The summed E-state index contributed by atoms with van der Waals surface area (Å²) in [6.45, 7) is 8.51. The van der Waals surface area contributed by atoms with E-state index in [-0.39, 0.29) is 0 Å². The van der Waals surface area contributed by atoms with Crippen molar-refractivity contribution in [2.24, 2.45) is 0 Å². The van der Waals surface area contributed by atoms with Crippen molar-refractivity contribution in [3.05, 3.63) is 29.8 Å². The first-order chi connectivity index (χ1) is 5.97. The van der Waals surface area contributed by atoms with E-state index in [9.17, 15) is 0 Å². The van der Waals surface area contributed by atoms with Crippen LogP contribution in [0, 0.1) is 6.92 Å². The number of anilines is 1. The lowest BCUT2D eigenvalue weighted by atomic mass is 10.2. The zero-order valence-electron chi connectivity index (χ0n) is 8.72. The van der Waals surface area contributed by atoms with Crippen LogP contribution in [0.15, 0.2) is 24.3 Å². The van der Waals surface area contributed by atoms with Crippen LogP contribution >= 0.6 is 0 Å². The quantitative estimate of drug-likeness (QED) is 0.591. The monoisotopic (exact) mass is 195 g/mol. The van der Waals surface area contributed by atoms with E-state index in [1.165, 1.54) is 5.56 Å². The maximum Gasteiger partial charge on any atom is 0.220 e. The highest BCUT2D eigenvalue weighted by molar-refractivity contribution is 6.69. The first-order valence-electron chi connectivity index (χ1n) is 4.48. The molecule has 72 valence electrons. The number of aryl methyl sites for hydroxylation is 1. The lowest BCUT2D eigenvalue weighted by Crippen LogP contribution is -2.28. The topological polar surface area (TPSA) is 21.3 Å². The van der Waals surface area contributed by atoms with Gasteiger partial charge in [0.15, 0.2) is 0 Å². The molecule has 0 fully saturated rings. The van der Waals surface area contributed by atoms with Crippen LogP contribution in [0.25, 0.3) is 0 Å². The molecule has 1 N–H and O–H groups in total. The summed E-state index contributed by atoms with van der Waals surface area (Å²) in [5.41, 5.74) is 5.26. The molecular weight excluding hydrogens is 178 g/mol. The van der Waals surface area contributed by atoms with Gasteiger partial charge in [0.05, 0.1) is 5.69 Å². The smallest absolute Gasteiger partial charge is 0.220 e. The molecule has 1 aromatic carbocycles. The Kier molecular flexibility index (Phi) is 3.11. The van der Waals surface area contributed by atoms with Crippen molar-refractivity contribution in [3.63, 3.8) is 0 Å². The van der Waals surface area contributed by atoms with Crippen molar-refractivity contribution in [2.45, 2.75) is 26.6 Å². The van der Waals surface area contributed by atoms with Crippen molar-refractivity contribution in [1.29, 1.82) is 0 Å². The number of hydrogen-bond acceptors (Lipinski definition) is 2. The van der Waals surface area contributed by atoms with E-state index in [4.69, 9.17) is 4.53 Å². The van der Waals surface area contributed by atoms with E-state index >= 15 is 0 Å².